The zero-order valence-corrected chi connectivity index (χ0v) is 12.5. The Morgan fingerprint density at radius 2 is 1.81 bits per heavy atom. The van der Waals surface area contributed by atoms with Gasteiger partial charge in [-0.3, -0.25) is 10.1 Å². The second-order valence-corrected chi connectivity index (χ2v) is 5.21. The summed E-state index contributed by atoms with van der Waals surface area (Å²) >= 11 is 17.5. The second kappa shape index (κ2) is 6.47. The number of nitrogens with zero attached hydrogens (tertiary/aromatic N) is 1. The molecule has 0 saturated heterocycles. The predicted molar refractivity (Wildman–Crippen MR) is 78.9 cm³/mol. The zero-order valence-electron chi connectivity index (χ0n) is 10.3. The Morgan fingerprint density at radius 3 is 2.48 bits per heavy atom. The fraction of sp³-hybridized carbons (Fsp3) is 0.0769. The van der Waals surface area contributed by atoms with Crippen molar-refractivity contribution in [2.45, 2.75) is 6.61 Å². The summed E-state index contributed by atoms with van der Waals surface area (Å²) < 4.78 is 19.2. The smallest absolute Gasteiger partial charge is 0.305 e. The van der Waals surface area contributed by atoms with Crippen LogP contribution < -0.4 is 4.74 Å². The van der Waals surface area contributed by atoms with E-state index >= 15 is 0 Å². The number of benzene rings is 2. The number of hydrogen-bond acceptors (Lipinski definition) is 3. The summed E-state index contributed by atoms with van der Waals surface area (Å²) in [6.07, 6.45) is 0. The molecule has 0 N–H and O–H groups in total. The molecular weight excluding hydrogens is 344 g/mol. The lowest BCUT2D eigenvalue weighted by atomic mass is 10.2. The Balaban J connectivity index is 2.23. The first-order chi connectivity index (χ1) is 9.90. The molecule has 0 heterocycles. The minimum atomic E-state index is -0.946. The molecule has 0 saturated carbocycles. The van der Waals surface area contributed by atoms with Crippen LogP contribution in [-0.2, 0) is 6.61 Å². The van der Waals surface area contributed by atoms with E-state index in [4.69, 9.17) is 39.5 Å². The first-order valence-corrected chi connectivity index (χ1v) is 6.72. The van der Waals surface area contributed by atoms with Gasteiger partial charge in [0, 0.05) is 17.7 Å². The van der Waals surface area contributed by atoms with Crippen LogP contribution in [0.3, 0.4) is 0 Å². The normalized spacial score (nSPS) is 10.5. The molecule has 0 aliphatic carbocycles. The Bertz CT molecular complexity index is 709. The number of halogens is 4. The van der Waals surface area contributed by atoms with E-state index in [2.05, 4.69) is 0 Å². The average Bonchev–Trinajstić information content (AvgIpc) is 2.42. The monoisotopic (exact) mass is 349 g/mol. The van der Waals surface area contributed by atoms with E-state index in [0.717, 1.165) is 6.07 Å². The molecule has 2 aromatic carbocycles. The number of ether oxygens (including phenoxy) is 1. The summed E-state index contributed by atoms with van der Waals surface area (Å²) in [7, 11) is 0. The Morgan fingerprint density at radius 1 is 1.14 bits per heavy atom. The van der Waals surface area contributed by atoms with Crippen LogP contribution >= 0.6 is 34.8 Å². The van der Waals surface area contributed by atoms with Crippen molar-refractivity contribution >= 4 is 40.5 Å². The fourth-order valence-electron chi connectivity index (χ4n) is 1.59. The van der Waals surface area contributed by atoms with Gasteiger partial charge in [-0.2, -0.15) is 4.39 Å². The summed E-state index contributed by atoms with van der Waals surface area (Å²) in [5.41, 5.74) is -0.581. The Kier molecular flexibility index (Phi) is 4.88. The topological polar surface area (TPSA) is 52.4 Å². The SMILES string of the molecule is O=[N+]([O-])c1cccc(COc2cc(Cl)c(Cl)cc2Cl)c1F. The molecule has 0 aliphatic rings. The van der Waals surface area contributed by atoms with Crippen molar-refractivity contribution in [1.82, 2.24) is 0 Å². The third-order valence-corrected chi connectivity index (χ3v) is 3.63. The number of nitro groups is 1. The minimum absolute atomic E-state index is 0.0336. The van der Waals surface area contributed by atoms with E-state index in [0.29, 0.717) is 0 Å². The molecule has 0 unspecified atom stereocenters. The average molecular weight is 351 g/mol. The zero-order chi connectivity index (χ0) is 15.6. The van der Waals surface area contributed by atoms with Crippen LogP contribution in [0, 0.1) is 15.9 Å². The van der Waals surface area contributed by atoms with Gasteiger partial charge in [-0.05, 0) is 6.07 Å². The van der Waals surface area contributed by atoms with Gasteiger partial charge < -0.3 is 4.74 Å². The van der Waals surface area contributed by atoms with E-state index < -0.39 is 16.4 Å². The van der Waals surface area contributed by atoms with E-state index in [-0.39, 0.29) is 33.0 Å². The molecular formula is C13H7Cl3FNO3. The minimum Gasteiger partial charge on any atom is -0.487 e. The van der Waals surface area contributed by atoms with Crippen LogP contribution in [0.15, 0.2) is 30.3 Å². The molecule has 4 nitrogen and oxygen atoms in total. The molecule has 21 heavy (non-hydrogen) atoms. The van der Waals surface area contributed by atoms with Crippen molar-refractivity contribution in [3.05, 3.63) is 66.9 Å². The molecule has 0 radical (unpaired) electrons. The van der Waals surface area contributed by atoms with Gasteiger partial charge in [0.15, 0.2) is 0 Å². The van der Waals surface area contributed by atoms with Gasteiger partial charge in [0.2, 0.25) is 5.82 Å². The molecule has 0 atom stereocenters. The standard InChI is InChI=1S/C13H7Cl3FNO3/c14-8-4-10(16)12(5-9(8)15)21-6-7-2-1-3-11(13(7)17)18(19)20/h1-5H,6H2. The maximum atomic E-state index is 13.9. The highest BCUT2D eigenvalue weighted by atomic mass is 35.5. The van der Waals surface area contributed by atoms with Crippen molar-refractivity contribution in [3.8, 4) is 5.75 Å². The van der Waals surface area contributed by atoms with Gasteiger partial charge in [0.05, 0.1) is 20.0 Å². The van der Waals surface area contributed by atoms with Crippen LogP contribution in [0.1, 0.15) is 5.56 Å². The molecule has 2 rings (SSSR count). The van der Waals surface area contributed by atoms with Gasteiger partial charge in [-0.1, -0.05) is 46.9 Å². The number of hydrogen-bond donors (Lipinski definition) is 0. The molecule has 0 bridgehead atoms. The summed E-state index contributed by atoms with van der Waals surface area (Å²) in [5, 5.41) is 11.4. The van der Waals surface area contributed by atoms with Crippen LogP contribution in [0.2, 0.25) is 15.1 Å². The fourth-order valence-corrected chi connectivity index (χ4v) is 2.18. The van der Waals surface area contributed by atoms with Gasteiger partial charge in [-0.15, -0.1) is 0 Å². The third kappa shape index (κ3) is 3.56. The van der Waals surface area contributed by atoms with Crippen molar-refractivity contribution in [2.24, 2.45) is 0 Å². The lowest BCUT2D eigenvalue weighted by Crippen LogP contribution is -2.02. The molecule has 0 spiro atoms. The van der Waals surface area contributed by atoms with E-state index in [1.54, 1.807) is 0 Å². The molecule has 0 aliphatic heterocycles. The maximum Gasteiger partial charge on any atom is 0.305 e. The predicted octanol–water partition coefficient (Wildman–Crippen LogP) is 5.27. The second-order valence-electron chi connectivity index (χ2n) is 3.99. The van der Waals surface area contributed by atoms with Crippen LogP contribution in [-0.4, -0.2) is 4.92 Å². The van der Waals surface area contributed by atoms with Crippen molar-refractivity contribution in [1.29, 1.82) is 0 Å². The van der Waals surface area contributed by atoms with Gasteiger partial charge >= 0.3 is 5.69 Å². The molecule has 8 heteroatoms. The Labute approximate surface area is 134 Å². The van der Waals surface area contributed by atoms with Gasteiger partial charge in [0.25, 0.3) is 0 Å². The van der Waals surface area contributed by atoms with Crippen LogP contribution in [0.25, 0.3) is 0 Å². The highest BCUT2D eigenvalue weighted by Crippen LogP contribution is 2.34. The van der Waals surface area contributed by atoms with Crippen molar-refractivity contribution in [3.63, 3.8) is 0 Å². The number of rotatable bonds is 4. The highest BCUT2D eigenvalue weighted by Gasteiger charge is 2.18. The van der Waals surface area contributed by atoms with Crippen LogP contribution in [0.5, 0.6) is 5.75 Å². The summed E-state index contributed by atoms with van der Waals surface area (Å²) in [4.78, 5) is 9.86. The van der Waals surface area contributed by atoms with E-state index in [9.17, 15) is 14.5 Å². The molecule has 110 valence electrons. The number of nitro benzene ring substituents is 1. The van der Waals surface area contributed by atoms with Crippen LogP contribution in [0.4, 0.5) is 10.1 Å². The summed E-state index contributed by atoms with van der Waals surface area (Å²) in [5.74, 6) is -0.740. The van der Waals surface area contributed by atoms with Crippen molar-refractivity contribution < 1.29 is 14.1 Å². The molecule has 0 amide bonds. The molecule has 2 aromatic rings. The summed E-state index contributed by atoms with van der Waals surface area (Å²) in [6.45, 7) is -0.231. The first kappa shape index (κ1) is 15.8. The summed E-state index contributed by atoms with van der Waals surface area (Å²) in [6, 6.07) is 6.61. The van der Waals surface area contributed by atoms with E-state index in [1.165, 1.54) is 24.3 Å². The lowest BCUT2D eigenvalue weighted by molar-refractivity contribution is -0.387. The first-order valence-electron chi connectivity index (χ1n) is 5.59. The molecule has 0 fully saturated rings. The Hall–Kier alpha value is -1.56. The highest BCUT2D eigenvalue weighted by molar-refractivity contribution is 6.43. The van der Waals surface area contributed by atoms with Gasteiger partial charge in [0.1, 0.15) is 12.4 Å². The quantitative estimate of drug-likeness (QED) is 0.428. The van der Waals surface area contributed by atoms with E-state index in [1.807, 2.05) is 0 Å². The van der Waals surface area contributed by atoms with Gasteiger partial charge in [-0.25, -0.2) is 0 Å². The largest absolute Gasteiger partial charge is 0.487 e. The maximum absolute atomic E-state index is 13.9. The molecule has 0 aromatic heterocycles. The van der Waals surface area contributed by atoms with Crippen molar-refractivity contribution in [2.75, 3.05) is 0 Å². The lowest BCUT2D eigenvalue weighted by Gasteiger charge is -2.10. The third-order valence-electron chi connectivity index (χ3n) is 2.61.